The number of hydrogen-bond donors (Lipinski definition) is 3. The molecular weight excluding hydrogens is 538 g/mol. The van der Waals surface area contributed by atoms with Crippen molar-refractivity contribution in [3.05, 3.63) is 86.9 Å². The molecule has 3 N–H and O–H groups in total. The summed E-state index contributed by atoms with van der Waals surface area (Å²) in [7, 11) is 0. The number of nitrogens with zero attached hydrogens (tertiary/aromatic N) is 2. The first-order valence-electron chi connectivity index (χ1n) is 12.9. The van der Waals surface area contributed by atoms with Crippen LogP contribution in [0.5, 0.6) is 0 Å². The molecule has 1 fully saturated rings. The summed E-state index contributed by atoms with van der Waals surface area (Å²) in [5, 5.41) is 17.2. The molecule has 2 heterocycles. The Kier molecular flexibility index (Phi) is 8.95. The van der Waals surface area contributed by atoms with Crippen molar-refractivity contribution < 1.29 is 28.3 Å². The van der Waals surface area contributed by atoms with Crippen LogP contribution in [0.4, 0.5) is 8.78 Å². The van der Waals surface area contributed by atoms with Gasteiger partial charge in [0.15, 0.2) is 6.10 Å². The minimum Gasteiger partial charge on any atom is -0.381 e. The first-order chi connectivity index (χ1) is 18.9. The second-order valence-corrected chi connectivity index (χ2v) is 11.3. The van der Waals surface area contributed by atoms with Gasteiger partial charge in [-0.25, -0.2) is 13.8 Å². The zero-order valence-electron chi connectivity index (χ0n) is 22.5. The largest absolute Gasteiger partial charge is 0.381 e. The first kappa shape index (κ1) is 29.3. The van der Waals surface area contributed by atoms with Crippen molar-refractivity contribution in [3.63, 3.8) is 0 Å². The average molecular weight is 571 g/mol. The highest BCUT2D eigenvalue weighted by Crippen LogP contribution is 2.33. The van der Waals surface area contributed by atoms with E-state index in [1.54, 1.807) is 50.2 Å². The van der Waals surface area contributed by atoms with Gasteiger partial charge >= 0.3 is 0 Å². The number of hydrogen-bond acceptors (Lipinski definition) is 6. The Morgan fingerprint density at radius 1 is 1.10 bits per heavy atom. The summed E-state index contributed by atoms with van der Waals surface area (Å²) in [6.07, 6.45) is -2.68. The molecule has 3 atom stereocenters. The zero-order chi connectivity index (χ0) is 29.0. The van der Waals surface area contributed by atoms with Crippen LogP contribution in [0, 0.1) is 20.8 Å². The molecule has 0 aliphatic carbocycles. The number of benzene rings is 2. The quantitative estimate of drug-likeness (QED) is 0.366. The smallest absolute Gasteiger partial charge is 0.267 e. The summed E-state index contributed by atoms with van der Waals surface area (Å²) in [5.74, 6) is -5.63. The van der Waals surface area contributed by atoms with Gasteiger partial charge in [-0.3, -0.25) is 14.4 Å². The Labute approximate surface area is 235 Å². The molecule has 8 nitrogen and oxygen atoms in total. The molecule has 3 amide bonds. The average Bonchev–Trinajstić information content (AvgIpc) is 3.44. The lowest BCUT2D eigenvalue weighted by molar-refractivity contribution is -0.147. The summed E-state index contributed by atoms with van der Waals surface area (Å²) in [6.45, 7) is 4.40. The van der Waals surface area contributed by atoms with Crippen molar-refractivity contribution in [1.29, 1.82) is 0 Å². The van der Waals surface area contributed by atoms with Crippen LogP contribution in [-0.2, 0) is 22.6 Å². The molecule has 40 heavy (non-hydrogen) atoms. The number of nitrogens with one attached hydrogen (secondary N) is 2. The molecule has 11 heteroatoms. The lowest BCUT2D eigenvalue weighted by atomic mass is 9.99. The summed E-state index contributed by atoms with van der Waals surface area (Å²) >= 11 is 1.17. The third-order valence-electron chi connectivity index (χ3n) is 6.93. The fourth-order valence-corrected chi connectivity index (χ4v) is 5.64. The number of halogens is 2. The number of likely N-dealkylation sites (tertiary alicyclic amines) is 1. The number of rotatable bonds is 9. The van der Waals surface area contributed by atoms with Gasteiger partial charge in [0.05, 0.1) is 23.3 Å². The SMILES string of the molecule is Cc1nc(C)c(C(=O)N[C@@H](Cc2ccccc2)[C@H](O)C(=O)N2CC(F)(F)C[C@H]2C(=O)NCc2ccccc2C)s1. The van der Waals surface area contributed by atoms with E-state index in [1.807, 2.05) is 25.1 Å². The Hall–Kier alpha value is -3.70. The maximum absolute atomic E-state index is 14.6. The number of thiazole rings is 1. The molecule has 212 valence electrons. The molecule has 0 bridgehead atoms. The van der Waals surface area contributed by atoms with Gasteiger partial charge in [-0.15, -0.1) is 11.3 Å². The summed E-state index contributed by atoms with van der Waals surface area (Å²) in [6, 6.07) is 13.6. The van der Waals surface area contributed by atoms with Gasteiger partial charge in [-0.05, 0) is 43.9 Å². The molecule has 0 unspecified atom stereocenters. The van der Waals surface area contributed by atoms with E-state index in [9.17, 15) is 28.3 Å². The number of amides is 3. The van der Waals surface area contributed by atoms with E-state index in [4.69, 9.17) is 0 Å². The zero-order valence-corrected chi connectivity index (χ0v) is 23.3. The number of carbonyl (C=O) groups is 3. The third kappa shape index (κ3) is 6.89. The minimum absolute atomic E-state index is 0.0602. The molecular formula is C29H32F2N4O4S. The van der Waals surface area contributed by atoms with E-state index < -0.39 is 54.8 Å². The Morgan fingerprint density at radius 2 is 1.77 bits per heavy atom. The Bertz CT molecular complexity index is 1380. The highest BCUT2D eigenvalue weighted by Gasteiger charge is 2.51. The number of alkyl halides is 2. The fraction of sp³-hybridized carbons (Fsp3) is 0.379. The van der Waals surface area contributed by atoms with E-state index >= 15 is 0 Å². The lowest BCUT2D eigenvalue weighted by Gasteiger charge is -2.30. The highest BCUT2D eigenvalue weighted by molar-refractivity contribution is 7.13. The maximum Gasteiger partial charge on any atom is 0.267 e. The third-order valence-corrected chi connectivity index (χ3v) is 8.00. The molecule has 0 saturated carbocycles. The van der Waals surface area contributed by atoms with Crippen molar-refractivity contribution in [1.82, 2.24) is 20.5 Å². The molecule has 4 rings (SSSR count). The highest BCUT2D eigenvalue weighted by atomic mass is 32.1. The van der Waals surface area contributed by atoms with Gasteiger partial charge in [-0.1, -0.05) is 54.6 Å². The van der Waals surface area contributed by atoms with Crippen LogP contribution in [0.3, 0.4) is 0 Å². The van der Waals surface area contributed by atoms with Crippen LogP contribution in [0.25, 0.3) is 0 Å². The summed E-state index contributed by atoms with van der Waals surface area (Å²) in [4.78, 5) is 44.9. The molecule has 1 aliphatic heterocycles. The Morgan fingerprint density at radius 3 is 2.42 bits per heavy atom. The molecule has 1 aromatic heterocycles. The van der Waals surface area contributed by atoms with Gasteiger partial charge in [0.2, 0.25) is 5.91 Å². The Balaban J connectivity index is 1.54. The normalized spacial score (nSPS) is 17.8. The van der Waals surface area contributed by atoms with E-state index in [0.29, 0.717) is 15.6 Å². The van der Waals surface area contributed by atoms with Crippen molar-refractivity contribution in [2.75, 3.05) is 6.54 Å². The van der Waals surface area contributed by atoms with Crippen LogP contribution in [0.1, 0.15) is 43.5 Å². The second kappa shape index (κ2) is 12.2. The van der Waals surface area contributed by atoms with E-state index in [0.717, 1.165) is 21.6 Å². The van der Waals surface area contributed by atoms with Crippen LogP contribution in [0.2, 0.25) is 0 Å². The molecule has 0 radical (unpaired) electrons. The monoisotopic (exact) mass is 570 g/mol. The van der Waals surface area contributed by atoms with Crippen molar-refractivity contribution in [2.45, 2.75) is 64.3 Å². The van der Waals surface area contributed by atoms with Crippen LogP contribution in [-0.4, -0.2) is 63.4 Å². The molecule has 1 aliphatic rings. The van der Waals surface area contributed by atoms with Gasteiger partial charge in [0.1, 0.15) is 10.9 Å². The maximum atomic E-state index is 14.6. The fourth-order valence-electron chi connectivity index (χ4n) is 4.82. The van der Waals surface area contributed by atoms with E-state index in [-0.39, 0.29) is 13.0 Å². The number of aliphatic hydroxyl groups is 1. The van der Waals surface area contributed by atoms with Crippen LogP contribution in [0.15, 0.2) is 54.6 Å². The van der Waals surface area contributed by atoms with E-state index in [1.165, 1.54) is 11.3 Å². The standard InChI is InChI=1S/C29H32F2N4O4S/c1-17-9-7-8-12-21(17)15-32-26(37)23-14-29(30,31)16-35(23)28(39)24(36)22(13-20-10-5-4-6-11-20)34-27(38)25-18(2)33-19(3)40-25/h4-12,22-24,36H,13-16H2,1-3H3,(H,32,37)(H,34,38)/t22-,23-,24-/m0/s1. The molecule has 1 saturated heterocycles. The van der Waals surface area contributed by atoms with Gasteiger partial charge in [-0.2, -0.15) is 0 Å². The minimum atomic E-state index is -3.31. The second-order valence-electron chi connectivity index (χ2n) is 10.0. The number of aromatic nitrogens is 1. The van der Waals surface area contributed by atoms with Crippen molar-refractivity contribution in [3.8, 4) is 0 Å². The predicted octanol–water partition coefficient (Wildman–Crippen LogP) is 3.32. The summed E-state index contributed by atoms with van der Waals surface area (Å²) < 4.78 is 29.1. The lowest BCUT2D eigenvalue weighted by Crippen LogP contribution is -2.55. The van der Waals surface area contributed by atoms with Gasteiger partial charge in [0.25, 0.3) is 17.7 Å². The van der Waals surface area contributed by atoms with Gasteiger partial charge in [0, 0.05) is 13.0 Å². The van der Waals surface area contributed by atoms with Crippen LogP contribution < -0.4 is 10.6 Å². The number of aliphatic hydroxyl groups excluding tert-OH is 1. The first-order valence-corrected chi connectivity index (χ1v) is 13.7. The topological polar surface area (TPSA) is 112 Å². The van der Waals surface area contributed by atoms with Crippen LogP contribution >= 0.6 is 11.3 Å². The number of carbonyl (C=O) groups excluding carboxylic acids is 3. The van der Waals surface area contributed by atoms with Crippen molar-refractivity contribution >= 4 is 29.1 Å². The molecule has 0 spiro atoms. The van der Waals surface area contributed by atoms with Crippen molar-refractivity contribution in [2.24, 2.45) is 0 Å². The number of aryl methyl sites for hydroxylation is 3. The molecule has 3 aromatic rings. The van der Waals surface area contributed by atoms with Gasteiger partial charge < -0.3 is 20.6 Å². The summed E-state index contributed by atoms with van der Waals surface area (Å²) in [5.41, 5.74) is 2.96. The van der Waals surface area contributed by atoms with E-state index in [2.05, 4.69) is 15.6 Å². The predicted molar refractivity (Wildman–Crippen MR) is 147 cm³/mol. The molecule has 2 aromatic carbocycles.